The quantitative estimate of drug-likeness (QED) is 0.346. The number of halogens is 5. The van der Waals surface area contributed by atoms with E-state index in [0.717, 1.165) is 22.4 Å². The molecule has 1 rings (SSSR count). The summed E-state index contributed by atoms with van der Waals surface area (Å²) in [6.45, 7) is 0. The highest BCUT2D eigenvalue weighted by Crippen LogP contribution is 2.40. The fourth-order valence-corrected chi connectivity index (χ4v) is 3.56. The normalized spacial score (nSPS) is 10.3. The minimum atomic E-state index is 0.999. The second-order valence-corrected chi connectivity index (χ2v) is 5.87. The molecule has 1 aromatic carbocycles. The van der Waals surface area contributed by atoms with E-state index in [0.29, 0.717) is 0 Å². The van der Waals surface area contributed by atoms with Crippen LogP contribution in [0.2, 0.25) is 0 Å². The Morgan fingerprint density at radius 1 is 0.636 bits per heavy atom. The molecule has 0 unspecified atom stereocenters. The van der Waals surface area contributed by atoms with Gasteiger partial charge in [-0.15, -0.1) is 0 Å². The first-order valence-electron chi connectivity index (χ1n) is 2.52. The van der Waals surface area contributed by atoms with Gasteiger partial charge in [-0.2, -0.15) is 0 Å². The van der Waals surface area contributed by atoms with E-state index in [1.54, 1.807) is 0 Å². The largest absolute Gasteiger partial charge is 0.0495 e. The molecule has 0 spiro atoms. The molecule has 0 bridgehead atoms. The van der Waals surface area contributed by atoms with Gasteiger partial charge in [0.2, 0.25) is 0 Å². The maximum atomic E-state index is 3.43. The molecule has 0 amide bonds. The van der Waals surface area contributed by atoms with E-state index in [1.165, 1.54) is 0 Å². The fraction of sp³-hybridized carbons (Fsp3) is 0. The average Bonchev–Trinajstić information content (AvgIpc) is 1.97. The zero-order valence-corrected chi connectivity index (χ0v) is 12.9. The molecule has 0 aliphatic rings. The van der Waals surface area contributed by atoms with Gasteiger partial charge in [0.05, 0.1) is 0 Å². The van der Waals surface area contributed by atoms with Crippen LogP contribution in [0.3, 0.4) is 0 Å². The monoisotopic (exact) mass is 468 g/mol. The summed E-state index contributed by atoms with van der Waals surface area (Å²) < 4.78 is 5.04. The van der Waals surface area contributed by atoms with E-state index in [9.17, 15) is 0 Å². The maximum absolute atomic E-state index is 3.43. The zero-order valence-electron chi connectivity index (χ0n) is 4.97. The van der Waals surface area contributed by atoms with Crippen LogP contribution >= 0.6 is 79.6 Å². The Morgan fingerprint density at radius 3 is 1.36 bits per heavy atom. The van der Waals surface area contributed by atoms with Gasteiger partial charge in [-0.1, -0.05) is 0 Å². The molecule has 0 aliphatic heterocycles. The van der Waals surface area contributed by atoms with Crippen molar-refractivity contribution in [1.29, 1.82) is 0 Å². The van der Waals surface area contributed by atoms with Crippen molar-refractivity contribution < 1.29 is 0 Å². The second-order valence-electron chi connectivity index (χ2n) is 1.78. The fourth-order valence-electron chi connectivity index (χ4n) is 0.544. The molecule has 0 fully saturated rings. The summed E-state index contributed by atoms with van der Waals surface area (Å²) in [5, 5.41) is 0. The van der Waals surface area contributed by atoms with E-state index in [2.05, 4.69) is 79.6 Å². The van der Waals surface area contributed by atoms with Crippen molar-refractivity contribution in [3.8, 4) is 0 Å². The summed E-state index contributed by atoms with van der Waals surface area (Å²) in [7, 11) is 0. The summed E-state index contributed by atoms with van der Waals surface area (Å²) in [6.07, 6.45) is 0. The van der Waals surface area contributed by atoms with Crippen molar-refractivity contribution in [2.75, 3.05) is 0 Å². The molecule has 0 aromatic heterocycles. The van der Waals surface area contributed by atoms with Gasteiger partial charge < -0.3 is 0 Å². The number of hydrogen-bond donors (Lipinski definition) is 0. The lowest BCUT2D eigenvalue weighted by atomic mass is 10.4. The number of rotatable bonds is 0. The number of hydrogen-bond acceptors (Lipinski definition) is 0. The van der Waals surface area contributed by atoms with Crippen molar-refractivity contribution in [2.24, 2.45) is 0 Å². The topological polar surface area (TPSA) is 0 Å². The average molecular weight is 473 g/mol. The van der Waals surface area contributed by atoms with Crippen LogP contribution in [-0.4, -0.2) is 0 Å². The highest BCUT2D eigenvalue weighted by Gasteiger charge is 2.09. The molecular formula is C6HBr5. The molecule has 0 heterocycles. The van der Waals surface area contributed by atoms with Crippen LogP contribution in [-0.2, 0) is 0 Å². The SMILES string of the molecule is Brc1cc(Br)c(Br)c(Br)c1Br. The van der Waals surface area contributed by atoms with E-state index in [-0.39, 0.29) is 0 Å². The molecule has 0 N–H and O–H groups in total. The molecule has 0 nitrogen and oxygen atoms in total. The van der Waals surface area contributed by atoms with E-state index < -0.39 is 0 Å². The highest BCUT2D eigenvalue weighted by atomic mass is 79.9. The summed E-state index contributed by atoms with van der Waals surface area (Å²) >= 11 is 17.1. The summed E-state index contributed by atoms with van der Waals surface area (Å²) in [5.41, 5.74) is 0. The molecule has 0 saturated carbocycles. The van der Waals surface area contributed by atoms with Gasteiger partial charge in [0.15, 0.2) is 0 Å². The standard InChI is InChI=1S/C6HBr5/c7-2-1-3(8)5(10)6(11)4(2)9/h1H. The second kappa shape index (κ2) is 4.22. The zero-order chi connectivity index (χ0) is 8.59. The first kappa shape index (κ1) is 10.7. The smallest absolute Gasteiger partial charge is 0.0482 e. The van der Waals surface area contributed by atoms with Gasteiger partial charge in [-0.25, -0.2) is 0 Å². The lowest BCUT2D eigenvalue weighted by Gasteiger charge is -2.04. The van der Waals surface area contributed by atoms with Gasteiger partial charge in [0.1, 0.15) is 0 Å². The minimum Gasteiger partial charge on any atom is -0.0495 e. The molecule has 0 radical (unpaired) electrons. The lowest BCUT2D eigenvalue weighted by Crippen LogP contribution is -1.77. The van der Waals surface area contributed by atoms with Crippen LogP contribution in [0.15, 0.2) is 28.4 Å². The molecule has 60 valence electrons. The summed E-state index contributed by atoms with van der Waals surface area (Å²) in [5.74, 6) is 0. The van der Waals surface area contributed by atoms with Crippen molar-refractivity contribution in [1.82, 2.24) is 0 Å². The third-order valence-electron chi connectivity index (χ3n) is 1.06. The van der Waals surface area contributed by atoms with Gasteiger partial charge in [-0.05, 0) is 85.7 Å². The predicted molar refractivity (Wildman–Crippen MR) is 64.9 cm³/mol. The van der Waals surface area contributed by atoms with Crippen molar-refractivity contribution in [3.63, 3.8) is 0 Å². The Bertz CT molecular complexity index is 267. The number of benzene rings is 1. The Hall–Kier alpha value is 1.62. The first-order valence-corrected chi connectivity index (χ1v) is 6.49. The summed E-state index contributed by atoms with van der Waals surface area (Å²) in [4.78, 5) is 0. The molecule has 0 aliphatic carbocycles. The molecule has 0 atom stereocenters. The minimum absolute atomic E-state index is 0.999. The third kappa shape index (κ3) is 2.30. The Balaban J connectivity index is 3.46. The first-order chi connectivity index (χ1) is 5.04. The third-order valence-corrected chi connectivity index (χ3v) is 6.88. The van der Waals surface area contributed by atoms with Crippen LogP contribution in [0.5, 0.6) is 0 Å². The Labute approximate surface area is 107 Å². The maximum Gasteiger partial charge on any atom is 0.0482 e. The van der Waals surface area contributed by atoms with Crippen LogP contribution in [0.25, 0.3) is 0 Å². The Kier molecular flexibility index (Phi) is 4.11. The van der Waals surface area contributed by atoms with E-state index in [4.69, 9.17) is 0 Å². The summed E-state index contributed by atoms with van der Waals surface area (Å²) in [6, 6.07) is 1.97. The van der Waals surface area contributed by atoms with Gasteiger partial charge in [0.25, 0.3) is 0 Å². The van der Waals surface area contributed by atoms with Crippen LogP contribution < -0.4 is 0 Å². The van der Waals surface area contributed by atoms with Gasteiger partial charge in [-0.3, -0.25) is 0 Å². The van der Waals surface area contributed by atoms with E-state index in [1.807, 2.05) is 6.07 Å². The van der Waals surface area contributed by atoms with Gasteiger partial charge in [0, 0.05) is 22.4 Å². The molecule has 5 heteroatoms. The molecule has 11 heavy (non-hydrogen) atoms. The van der Waals surface area contributed by atoms with Crippen molar-refractivity contribution in [3.05, 3.63) is 28.4 Å². The molecule has 1 aromatic rings. The van der Waals surface area contributed by atoms with E-state index >= 15 is 0 Å². The Morgan fingerprint density at radius 2 is 1.00 bits per heavy atom. The van der Waals surface area contributed by atoms with Crippen LogP contribution in [0, 0.1) is 0 Å². The predicted octanol–water partition coefficient (Wildman–Crippen LogP) is 5.50. The van der Waals surface area contributed by atoms with Crippen molar-refractivity contribution in [2.45, 2.75) is 0 Å². The highest BCUT2D eigenvalue weighted by molar-refractivity contribution is 9.15. The lowest BCUT2D eigenvalue weighted by molar-refractivity contribution is 1.46. The van der Waals surface area contributed by atoms with Crippen molar-refractivity contribution >= 4 is 79.6 Å². The molecular weight excluding hydrogens is 472 g/mol. The van der Waals surface area contributed by atoms with Gasteiger partial charge >= 0.3 is 0 Å². The van der Waals surface area contributed by atoms with Crippen LogP contribution in [0.4, 0.5) is 0 Å². The van der Waals surface area contributed by atoms with Crippen LogP contribution in [0.1, 0.15) is 0 Å². The molecule has 0 saturated heterocycles.